The molecule has 0 unspecified atom stereocenters. The molecule has 0 radical (unpaired) electrons. The number of thioether (sulfide) groups is 1. The van der Waals surface area contributed by atoms with E-state index in [0.717, 1.165) is 21.9 Å². The van der Waals surface area contributed by atoms with Crippen LogP contribution in [0.3, 0.4) is 0 Å². The number of aryl methyl sites for hydroxylation is 1. The Morgan fingerprint density at radius 1 is 1.23 bits per heavy atom. The molecule has 0 aliphatic rings. The fourth-order valence-electron chi connectivity index (χ4n) is 2.40. The van der Waals surface area contributed by atoms with Gasteiger partial charge in [-0.25, -0.2) is 0 Å². The Kier molecular flexibility index (Phi) is 5.27. The number of fused-ring (bicyclic) bond motifs is 1. The van der Waals surface area contributed by atoms with Crippen LogP contribution in [0.2, 0.25) is 0 Å². The molecule has 0 saturated carbocycles. The average molecular weight is 327 g/mol. The fourth-order valence-corrected chi connectivity index (χ4v) is 3.22. The molecule has 0 heterocycles. The zero-order valence-electron chi connectivity index (χ0n) is 12.8. The molecule has 0 fully saturated rings. The summed E-state index contributed by atoms with van der Waals surface area (Å²) in [5.74, 6) is 0. The molecule has 0 amide bonds. The van der Waals surface area contributed by atoms with Crippen LogP contribution in [0.15, 0.2) is 58.8 Å². The summed E-state index contributed by atoms with van der Waals surface area (Å²) in [6.07, 6.45) is 1.37. The van der Waals surface area contributed by atoms with Crippen LogP contribution in [-0.2, 0) is 0 Å². The summed E-state index contributed by atoms with van der Waals surface area (Å²) in [5, 5.41) is 11.0. The first-order valence-electron chi connectivity index (χ1n) is 6.80. The van der Waals surface area contributed by atoms with E-state index in [1.54, 1.807) is 0 Å². The molecule has 2 aromatic rings. The first kappa shape index (κ1) is 16.6. The predicted molar refractivity (Wildman–Crippen MR) is 103 cm³/mol. The van der Waals surface area contributed by atoms with Gasteiger partial charge in [-0.2, -0.15) is 4.58 Å². The lowest BCUT2D eigenvalue weighted by Crippen LogP contribution is -2.19. The van der Waals surface area contributed by atoms with E-state index in [4.69, 9.17) is 5.41 Å². The van der Waals surface area contributed by atoms with Crippen molar-refractivity contribution >= 4 is 47.1 Å². The second-order valence-corrected chi connectivity index (χ2v) is 6.95. The smallest absolute Gasteiger partial charge is 0.238 e. The Morgan fingerprint density at radius 2 is 1.91 bits per heavy atom. The molecule has 0 aliphatic heterocycles. The van der Waals surface area contributed by atoms with Crippen LogP contribution in [0, 0.1) is 12.3 Å². The highest BCUT2D eigenvalue weighted by molar-refractivity contribution is 8.17. The molecule has 0 saturated heterocycles. The molecule has 4 heteroatoms. The van der Waals surface area contributed by atoms with Crippen molar-refractivity contribution in [3.63, 3.8) is 0 Å². The number of benzene rings is 2. The van der Waals surface area contributed by atoms with E-state index in [9.17, 15) is 0 Å². The Labute approximate surface area is 141 Å². The lowest BCUT2D eigenvalue weighted by Gasteiger charge is -2.09. The van der Waals surface area contributed by atoms with E-state index in [-0.39, 0.29) is 0 Å². The maximum absolute atomic E-state index is 7.81. The summed E-state index contributed by atoms with van der Waals surface area (Å²) in [6, 6.07) is 12.4. The van der Waals surface area contributed by atoms with E-state index in [1.807, 2.05) is 23.8 Å². The fraction of sp³-hybridized carbons (Fsp3) is 0.111. The number of hydrogen-bond acceptors (Lipinski definition) is 3. The highest BCUT2D eigenvalue weighted by Gasteiger charge is 2.18. The van der Waals surface area contributed by atoms with Gasteiger partial charge in [-0.15, -0.1) is 12.6 Å². The second kappa shape index (κ2) is 6.99. The minimum Gasteiger partial charge on any atom is -0.302 e. The van der Waals surface area contributed by atoms with Crippen LogP contribution in [0.5, 0.6) is 0 Å². The van der Waals surface area contributed by atoms with Crippen LogP contribution in [0.4, 0.5) is 0 Å². The largest absolute Gasteiger partial charge is 0.302 e. The second-order valence-electron chi connectivity index (χ2n) is 4.94. The quantitative estimate of drug-likeness (QED) is 0.459. The van der Waals surface area contributed by atoms with Crippen LogP contribution in [-0.4, -0.2) is 23.5 Å². The third kappa shape index (κ3) is 3.34. The molecule has 22 heavy (non-hydrogen) atoms. The van der Waals surface area contributed by atoms with Crippen molar-refractivity contribution in [2.24, 2.45) is 0 Å². The minimum absolute atomic E-state index is 0.677. The minimum atomic E-state index is 0.677. The Hall–Kier alpha value is -1.78. The van der Waals surface area contributed by atoms with E-state index in [1.165, 1.54) is 28.7 Å². The van der Waals surface area contributed by atoms with Crippen LogP contribution < -0.4 is 0 Å². The number of thiol groups is 1. The van der Waals surface area contributed by atoms with Gasteiger partial charge in [-0.3, -0.25) is 0 Å². The summed E-state index contributed by atoms with van der Waals surface area (Å²) in [4.78, 5) is 0. The molecule has 0 spiro atoms. The van der Waals surface area contributed by atoms with Gasteiger partial charge in [0.2, 0.25) is 10.7 Å². The van der Waals surface area contributed by atoms with E-state index in [0.29, 0.717) is 4.24 Å². The lowest BCUT2D eigenvalue weighted by molar-refractivity contribution is -0.426. The van der Waals surface area contributed by atoms with Gasteiger partial charge in [0.25, 0.3) is 0 Å². The molecule has 2 nitrogen and oxygen atoms in total. The summed E-state index contributed by atoms with van der Waals surface area (Å²) in [6.45, 7) is 9.89. The first-order chi connectivity index (χ1) is 10.5. The lowest BCUT2D eigenvalue weighted by atomic mass is 9.97. The Bertz CT molecular complexity index is 804. The predicted octanol–water partition coefficient (Wildman–Crippen LogP) is 4.83. The monoisotopic (exact) mass is 327 g/mol. The van der Waals surface area contributed by atoms with Gasteiger partial charge in [0.05, 0.1) is 11.8 Å². The summed E-state index contributed by atoms with van der Waals surface area (Å²) in [7, 11) is 1.90. The third-order valence-corrected chi connectivity index (χ3v) is 4.60. The van der Waals surface area contributed by atoms with Crippen molar-refractivity contribution in [2.45, 2.75) is 6.92 Å². The molecule has 1 N–H and O–H groups in total. The zero-order chi connectivity index (χ0) is 16.3. The van der Waals surface area contributed by atoms with Crippen molar-refractivity contribution in [1.29, 1.82) is 5.41 Å². The van der Waals surface area contributed by atoms with Crippen molar-refractivity contribution < 1.29 is 4.58 Å². The van der Waals surface area contributed by atoms with Gasteiger partial charge in [0.15, 0.2) is 0 Å². The Balaban J connectivity index is 2.61. The molecule has 2 aromatic carbocycles. The molecule has 0 atom stereocenters. The zero-order valence-corrected chi connectivity index (χ0v) is 14.5. The van der Waals surface area contributed by atoms with Gasteiger partial charge >= 0.3 is 0 Å². The number of nitrogens with zero attached hydrogens (tertiary/aromatic N) is 1. The average Bonchev–Trinajstić information content (AvgIpc) is 2.49. The van der Waals surface area contributed by atoms with Crippen LogP contribution >= 0.6 is 24.4 Å². The highest BCUT2D eigenvalue weighted by atomic mass is 32.2. The SMILES string of the molecule is C=C(S)SC(=C)/[N+](C)=C(\C=N)c1ccc2ccccc2c1C. The van der Waals surface area contributed by atoms with Crippen LogP contribution in [0.1, 0.15) is 11.1 Å². The van der Waals surface area contributed by atoms with Crippen molar-refractivity contribution in [3.8, 4) is 0 Å². The van der Waals surface area contributed by atoms with Gasteiger partial charge in [-0.1, -0.05) is 36.9 Å². The Morgan fingerprint density at radius 3 is 2.55 bits per heavy atom. The summed E-state index contributed by atoms with van der Waals surface area (Å²) < 4.78 is 2.58. The van der Waals surface area contributed by atoms with Gasteiger partial charge in [0, 0.05) is 4.24 Å². The molecule has 0 aliphatic carbocycles. The normalized spacial score (nSPS) is 12.0. The van der Waals surface area contributed by atoms with Crippen molar-refractivity contribution in [2.75, 3.05) is 7.05 Å². The van der Waals surface area contributed by atoms with E-state index < -0.39 is 0 Å². The molecule has 0 aromatic heterocycles. The highest BCUT2D eigenvalue weighted by Crippen LogP contribution is 2.27. The maximum atomic E-state index is 7.81. The number of rotatable bonds is 5. The molecule has 2 rings (SSSR count). The van der Waals surface area contributed by atoms with Gasteiger partial charge < -0.3 is 5.41 Å². The van der Waals surface area contributed by atoms with Crippen molar-refractivity contribution in [1.82, 2.24) is 0 Å². The summed E-state index contributed by atoms with van der Waals surface area (Å²) in [5.41, 5.74) is 2.99. The molecular formula is C18H19N2S2+. The molecular weight excluding hydrogens is 308 g/mol. The summed E-state index contributed by atoms with van der Waals surface area (Å²) >= 11 is 5.59. The van der Waals surface area contributed by atoms with Crippen molar-refractivity contribution in [3.05, 3.63) is 69.9 Å². The standard InChI is InChI=1S/C18H18N2S2/c1-12-16-8-6-5-7-15(16)9-10-17(12)18(11-19)20(4)13(2)22-14(3)21/h5-11,19H,2-3H2,1,4H3/p+1/b19-11?,20-18+. The van der Waals surface area contributed by atoms with E-state index in [2.05, 4.69) is 57.0 Å². The van der Waals surface area contributed by atoms with Gasteiger partial charge in [0.1, 0.15) is 7.05 Å². The molecule has 0 bridgehead atoms. The van der Waals surface area contributed by atoms with Crippen LogP contribution in [0.25, 0.3) is 10.8 Å². The maximum Gasteiger partial charge on any atom is 0.238 e. The number of nitrogens with one attached hydrogen (secondary N) is 1. The topological polar surface area (TPSA) is 26.9 Å². The van der Waals surface area contributed by atoms with E-state index >= 15 is 0 Å². The third-order valence-electron chi connectivity index (χ3n) is 3.58. The number of hydrogen-bond donors (Lipinski definition) is 2. The van der Waals surface area contributed by atoms with Gasteiger partial charge in [-0.05, 0) is 47.7 Å². The first-order valence-corrected chi connectivity index (χ1v) is 8.06. The molecule has 112 valence electrons.